The van der Waals surface area contributed by atoms with Crippen LogP contribution >= 0.6 is 11.3 Å². The molecule has 8 heteroatoms. The van der Waals surface area contributed by atoms with Crippen molar-refractivity contribution in [3.8, 4) is 0 Å². The number of nitrogens with one attached hydrogen (secondary N) is 1. The van der Waals surface area contributed by atoms with E-state index in [9.17, 15) is 10.1 Å². The number of hydrogen-bond acceptors (Lipinski definition) is 6. The molecule has 5 rings (SSSR count). The molecular weight excluding hydrogens is 410 g/mol. The molecule has 1 N–H and O–H groups in total. The number of nitrogens with zero attached hydrogens (tertiary/aromatic N) is 4. The normalized spacial score (nSPS) is 11.5. The predicted molar refractivity (Wildman–Crippen MR) is 125 cm³/mol. The van der Waals surface area contributed by atoms with E-state index in [0.717, 1.165) is 37.4 Å². The number of anilines is 1. The lowest BCUT2D eigenvalue weighted by atomic mass is 10.2. The summed E-state index contributed by atoms with van der Waals surface area (Å²) in [6, 6.07) is 22.7. The minimum atomic E-state index is -0.387. The molecule has 0 saturated heterocycles. The van der Waals surface area contributed by atoms with Gasteiger partial charge in [0.15, 0.2) is 0 Å². The summed E-state index contributed by atoms with van der Waals surface area (Å²) in [6.07, 6.45) is 3.83. The first kappa shape index (κ1) is 19.0. The lowest BCUT2D eigenvalue weighted by molar-refractivity contribution is -0.384. The van der Waals surface area contributed by atoms with Crippen molar-refractivity contribution in [2.75, 3.05) is 5.43 Å². The summed E-state index contributed by atoms with van der Waals surface area (Å²) in [6.45, 7) is 0.609. The summed E-state index contributed by atoms with van der Waals surface area (Å²) >= 11 is 1.56. The maximum absolute atomic E-state index is 10.9. The number of non-ortho nitro benzene ring substituents is 1. The molecule has 0 aliphatic heterocycles. The number of benzene rings is 3. The summed E-state index contributed by atoms with van der Waals surface area (Å²) in [5.41, 5.74) is 7.11. The Hall–Kier alpha value is -4.04. The third-order valence-electron chi connectivity index (χ3n) is 4.98. The fourth-order valence-corrected chi connectivity index (χ4v) is 4.32. The van der Waals surface area contributed by atoms with Crippen LogP contribution in [0.25, 0.3) is 21.1 Å². The van der Waals surface area contributed by atoms with Gasteiger partial charge in [0.2, 0.25) is 5.13 Å². The summed E-state index contributed by atoms with van der Waals surface area (Å²) in [4.78, 5) is 15.0. The van der Waals surface area contributed by atoms with Gasteiger partial charge in [0.25, 0.3) is 5.69 Å². The van der Waals surface area contributed by atoms with Gasteiger partial charge < -0.3 is 4.57 Å². The molecule has 0 radical (unpaired) electrons. The van der Waals surface area contributed by atoms with Crippen LogP contribution in [0.2, 0.25) is 0 Å². The molecule has 0 saturated carbocycles. The quantitative estimate of drug-likeness (QED) is 0.215. The van der Waals surface area contributed by atoms with Crippen molar-refractivity contribution in [1.82, 2.24) is 9.55 Å². The van der Waals surface area contributed by atoms with Crippen molar-refractivity contribution in [3.63, 3.8) is 0 Å². The van der Waals surface area contributed by atoms with Crippen LogP contribution in [0, 0.1) is 10.1 Å². The Morgan fingerprint density at radius 1 is 1.06 bits per heavy atom. The number of nitro benzene ring substituents is 1. The minimum Gasteiger partial charge on any atom is -0.342 e. The van der Waals surface area contributed by atoms with E-state index in [1.54, 1.807) is 29.7 Å². The second-order valence-electron chi connectivity index (χ2n) is 7.01. The summed E-state index contributed by atoms with van der Waals surface area (Å²) in [7, 11) is 0. The Morgan fingerprint density at radius 3 is 2.65 bits per heavy atom. The van der Waals surface area contributed by atoms with Crippen molar-refractivity contribution < 1.29 is 4.92 Å². The average molecular weight is 427 g/mol. The van der Waals surface area contributed by atoms with E-state index in [1.807, 2.05) is 42.6 Å². The predicted octanol–water partition coefficient (Wildman–Crippen LogP) is 5.65. The summed E-state index contributed by atoms with van der Waals surface area (Å²) < 4.78 is 3.23. The molecule has 0 spiro atoms. The molecule has 0 atom stereocenters. The molecule has 31 heavy (non-hydrogen) atoms. The van der Waals surface area contributed by atoms with E-state index < -0.39 is 0 Å². The largest absolute Gasteiger partial charge is 0.342 e. The number of thiazole rings is 1. The first-order chi connectivity index (χ1) is 15.2. The third kappa shape index (κ3) is 3.88. The lowest BCUT2D eigenvalue weighted by Crippen LogP contribution is -1.98. The lowest BCUT2D eigenvalue weighted by Gasteiger charge is -2.05. The topological polar surface area (TPSA) is 85.3 Å². The van der Waals surface area contributed by atoms with E-state index in [2.05, 4.69) is 32.2 Å². The number of aromatic nitrogens is 2. The molecule has 0 amide bonds. The monoisotopic (exact) mass is 427 g/mol. The first-order valence-corrected chi connectivity index (χ1v) is 10.4. The third-order valence-corrected chi connectivity index (χ3v) is 5.92. The molecule has 3 aromatic carbocycles. The van der Waals surface area contributed by atoms with Gasteiger partial charge in [-0.1, -0.05) is 53.8 Å². The molecule has 152 valence electrons. The van der Waals surface area contributed by atoms with Crippen molar-refractivity contribution in [2.24, 2.45) is 5.10 Å². The second kappa shape index (κ2) is 8.00. The molecule has 5 aromatic rings. The van der Waals surface area contributed by atoms with Gasteiger partial charge in [0, 0.05) is 41.3 Å². The van der Waals surface area contributed by atoms with Crippen LogP contribution in [0.4, 0.5) is 10.8 Å². The van der Waals surface area contributed by atoms with E-state index in [0.29, 0.717) is 6.54 Å². The van der Waals surface area contributed by atoms with Gasteiger partial charge in [0.05, 0.1) is 21.4 Å². The SMILES string of the molecule is O=[N+]([O-])c1ccc(Cn2cc(C=NNc3nc4ccccc4s3)c3ccccc32)cc1. The zero-order valence-corrected chi connectivity index (χ0v) is 17.1. The molecule has 2 aromatic heterocycles. The van der Waals surface area contributed by atoms with E-state index >= 15 is 0 Å². The smallest absolute Gasteiger partial charge is 0.269 e. The summed E-state index contributed by atoms with van der Waals surface area (Å²) in [5.74, 6) is 0. The highest BCUT2D eigenvalue weighted by molar-refractivity contribution is 7.22. The number of hydrogen-bond donors (Lipinski definition) is 1. The Kier molecular flexibility index (Phi) is 4.89. The molecule has 0 aliphatic rings. The van der Waals surface area contributed by atoms with Crippen LogP contribution < -0.4 is 5.43 Å². The Morgan fingerprint density at radius 2 is 1.84 bits per heavy atom. The van der Waals surface area contributed by atoms with Crippen LogP contribution in [0.1, 0.15) is 11.1 Å². The van der Waals surface area contributed by atoms with Gasteiger partial charge >= 0.3 is 0 Å². The number of nitro groups is 1. The zero-order chi connectivity index (χ0) is 21.2. The van der Waals surface area contributed by atoms with Gasteiger partial charge in [-0.2, -0.15) is 5.10 Å². The number of para-hydroxylation sites is 2. The first-order valence-electron chi connectivity index (χ1n) is 9.63. The Balaban J connectivity index is 1.40. The van der Waals surface area contributed by atoms with Gasteiger partial charge in [-0.25, -0.2) is 4.98 Å². The number of hydrazone groups is 1. The molecule has 0 bridgehead atoms. The van der Waals surface area contributed by atoms with Crippen molar-refractivity contribution >= 4 is 49.5 Å². The van der Waals surface area contributed by atoms with E-state index in [-0.39, 0.29) is 10.6 Å². The maximum atomic E-state index is 10.9. The van der Waals surface area contributed by atoms with Crippen molar-refractivity contribution in [3.05, 3.63) is 100 Å². The molecule has 0 unspecified atom stereocenters. The standard InChI is InChI=1S/C23H17N5O2S/c29-28(30)18-11-9-16(10-12-18)14-27-15-17(19-5-1-3-7-21(19)27)13-24-26-23-25-20-6-2-4-8-22(20)31-23/h1-13,15H,14H2,(H,25,26). The zero-order valence-electron chi connectivity index (χ0n) is 16.3. The Bertz CT molecular complexity index is 1390. The van der Waals surface area contributed by atoms with Crippen LogP contribution in [-0.4, -0.2) is 20.7 Å². The Labute approximate surface area is 181 Å². The number of rotatable bonds is 6. The fourth-order valence-electron chi connectivity index (χ4n) is 3.51. The van der Waals surface area contributed by atoms with Crippen LogP contribution in [0.5, 0.6) is 0 Å². The van der Waals surface area contributed by atoms with E-state index in [4.69, 9.17) is 0 Å². The van der Waals surface area contributed by atoms with Gasteiger partial charge in [-0.3, -0.25) is 15.5 Å². The van der Waals surface area contributed by atoms with Crippen molar-refractivity contribution in [1.29, 1.82) is 0 Å². The highest BCUT2D eigenvalue weighted by Gasteiger charge is 2.09. The van der Waals surface area contributed by atoms with Crippen LogP contribution in [-0.2, 0) is 6.54 Å². The molecule has 0 aliphatic carbocycles. The van der Waals surface area contributed by atoms with Crippen LogP contribution in [0.3, 0.4) is 0 Å². The summed E-state index contributed by atoms with van der Waals surface area (Å²) in [5, 5.41) is 17.1. The highest BCUT2D eigenvalue weighted by atomic mass is 32.1. The molecule has 7 nitrogen and oxygen atoms in total. The fraction of sp³-hybridized carbons (Fsp3) is 0.0435. The molecule has 0 fully saturated rings. The van der Waals surface area contributed by atoms with E-state index in [1.165, 1.54) is 12.1 Å². The maximum Gasteiger partial charge on any atom is 0.269 e. The minimum absolute atomic E-state index is 0.0925. The average Bonchev–Trinajstić information content (AvgIpc) is 3.36. The van der Waals surface area contributed by atoms with Gasteiger partial charge in [-0.05, 0) is 23.8 Å². The highest BCUT2D eigenvalue weighted by Crippen LogP contribution is 2.26. The number of fused-ring (bicyclic) bond motifs is 2. The van der Waals surface area contributed by atoms with Gasteiger partial charge in [-0.15, -0.1) is 0 Å². The second-order valence-corrected chi connectivity index (χ2v) is 8.04. The molecule has 2 heterocycles. The van der Waals surface area contributed by atoms with Gasteiger partial charge in [0.1, 0.15) is 0 Å². The van der Waals surface area contributed by atoms with Crippen molar-refractivity contribution in [2.45, 2.75) is 6.54 Å². The molecular formula is C23H17N5O2S. The van der Waals surface area contributed by atoms with Crippen LogP contribution in [0.15, 0.2) is 84.1 Å².